The number of carbonyl (C=O) groups excluding carboxylic acids is 2. The summed E-state index contributed by atoms with van der Waals surface area (Å²) in [5.74, 6) is -2.01. The monoisotopic (exact) mass is 678 g/mol. The number of anilines is 3. The number of hydrogen-bond acceptors (Lipinski definition) is 11. The number of nitrogen functional groups attached to an aromatic ring is 2. The zero-order valence-electron chi connectivity index (χ0n) is 29.3. The third kappa shape index (κ3) is 13.5. The lowest BCUT2D eigenvalue weighted by Gasteiger charge is -2.20. The molecule has 3 aromatic rings. The fraction of sp³-hybridized carbons (Fsp3) is 0.583. The predicted octanol–water partition coefficient (Wildman–Crippen LogP) is 6.21. The van der Waals surface area contributed by atoms with Gasteiger partial charge in [0.15, 0.2) is 17.0 Å². The Hall–Kier alpha value is -4.55. The molecule has 13 nitrogen and oxygen atoms in total. The number of amides is 1. The maximum absolute atomic E-state index is 13.0. The fourth-order valence-corrected chi connectivity index (χ4v) is 5.64. The van der Waals surface area contributed by atoms with Crippen LogP contribution in [0.1, 0.15) is 126 Å². The van der Waals surface area contributed by atoms with Crippen LogP contribution in [-0.2, 0) is 20.9 Å². The highest BCUT2D eigenvalue weighted by Crippen LogP contribution is 2.20. The number of nitrogens with one attached hydrogen (secondary N) is 1. The van der Waals surface area contributed by atoms with Gasteiger partial charge >= 0.3 is 11.9 Å². The van der Waals surface area contributed by atoms with Crippen molar-refractivity contribution < 1.29 is 24.2 Å². The van der Waals surface area contributed by atoms with Crippen molar-refractivity contribution in [3.05, 3.63) is 41.7 Å². The minimum absolute atomic E-state index is 0.0243. The molecule has 0 spiro atoms. The largest absolute Gasteiger partial charge is 0.480 e. The number of esters is 1. The number of hydrogen-bond donors (Lipinski definition) is 4. The number of aromatic nitrogens is 4. The molecule has 1 amide bonds. The normalized spacial score (nSPS) is 12.4. The molecule has 1 unspecified atom stereocenters. The number of carboxylic acids is 1. The summed E-state index contributed by atoms with van der Waals surface area (Å²) < 4.78 is 5.78. The Morgan fingerprint density at radius 1 is 0.857 bits per heavy atom. The van der Waals surface area contributed by atoms with E-state index >= 15 is 0 Å². The SMILES string of the molecule is CCCCCCCCCCCC(CCCC)OC(=O)CC[C@H](NC(=O)c1ccc(N(C)Cc2cnc3nc(N)nc(N)c3n2)cc1)C(=O)O. The molecule has 268 valence electrons. The van der Waals surface area contributed by atoms with Crippen molar-refractivity contribution >= 4 is 46.5 Å². The first-order chi connectivity index (χ1) is 23.6. The van der Waals surface area contributed by atoms with Crippen molar-refractivity contribution in [3.8, 4) is 0 Å². The Morgan fingerprint density at radius 2 is 1.49 bits per heavy atom. The molecular weight excluding hydrogens is 624 g/mol. The van der Waals surface area contributed by atoms with Crippen LogP contribution in [0.3, 0.4) is 0 Å². The molecule has 49 heavy (non-hydrogen) atoms. The molecule has 13 heteroatoms. The minimum atomic E-state index is -1.23. The maximum atomic E-state index is 13.0. The number of carbonyl (C=O) groups is 3. The van der Waals surface area contributed by atoms with Gasteiger partial charge in [-0.2, -0.15) is 9.97 Å². The van der Waals surface area contributed by atoms with Crippen molar-refractivity contribution in [3.63, 3.8) is 0 Å². The summed E-state index contributed by atoms with van der Waals surface area (Å²) in [6.45, 7) is 4.72. The summed E-state index contributed by atoms with van der Waals surface area (Å²) >= 11 is 0. The second-order valence-corrected chi connectivity index (χ2v) is 12.7. The van der Waals surface area contributed by atoms with Crippen molar-refractivity contribution in [1.29, 1.82) is 0 Å². The van der Waals surface area contributed by atoms with E-state index in [0.29, 0.717) is 29.0 Å². The molecule has 2 heterocycles. The molecular formula is C36H54N8O5. The molecule has 2 aromatic heterocycles. The second-order valence-electron chi connectivity index (χ2n) is 12.7. The fourth-order valence-electron chi connectivity index (χ4n) is 5.64. The highest BCUT2D eigenvalue weighted by Gasteiger charge is 2.23. The van der Waals surface area contributed by atoms with Crippen molar-refractivity contribution in [2.75, 3.05) is 23.4 Å². The lowest BCUT2D eigenvalue weighted by Crippen LogP contribution is -2.41. The molecule has 6 N–H and O–H groups in total. The van der Waals surface area contributed by atoms with Crippen LogP contribution in [0.4, 0.5) is 17.5 Å². The number of unbranched alkanes of at least 4 members (excludes halogenated alkanes) is 9. The Balaban J connectivity index is 1.46. The number of carboxylic acid groups (broad SMARTS) is 1. The third-order valence-corrected chi connectivity index (χ3v) is 8.52. The van der Waals surface area contributed by atoms with E-state index in [0.717, 1.165) is 44.2 Å². The Bertz CT molecular complexity index is 1490. The molecule has 0 radical (unpaired) electrons. The van der Waals surface area contributed by atoms with Crippen LogP contribution >= 0.6 is 0 Å². The van der Waals surface area contributed by atoms with E-state index in [4.69, 9.17) is 16.2 Å². The molecule has 0 bridgehead atoms. The molecule has 0 aliphatic heterocycles. The second kappa shape index (κ2) is 20.7. The van der Waals surface area contributed by atoms with Gasteiger partial charge in [-0.25, -0.2) is 14.8 Å². The molecule has 0 fully saturated rings. The van der Waals surface area contributed by atoms with E-state index in [2.05, 4.69) is 39.1 Å². The van der Waals surface area contributed by atoms with Gasteiger partial charge in [0.25, 0.3) is 5.91 Å². The first kappa shape index (κ1) is 38.9. The van der Waals surface area contributed by atoms with E-state index in [-0.39, 0.29) is 30.7 Å². The highest BCUT2D eigenvalue weighted by molar-refractivity contribution is 5.97. The van der Waals surface area contributed by atoms with Gasteiger partial charge < -0.3 is 31.5 Å². The molecule has 1 aromatic carbocycles. The Kier molecular flexibility index (Phi) is 16.5. The van der Waals surface area contributed by atoms with Crippen molar-refractivity contribution in [1.82, 2.24) is 25.3 Å². The zero-order chi connectivity index (χ0) is 35.6. The smallest absolute Gasteiger partial charge is 0.326 e. The lowest BCUT2D eigenvalue weighted by molar-refractivity contribution is -0.150. The van der Waals surface area contributed by atoms with E-state index < -0.39 is 23.9 Å². The first-order valence-electron chi connectivity index (χ1n) is 17.7. The number of benzene rings is 1. The van der Waals surface area contributed by atoms with Gasteiger partial charge in [0.05, 0.1) is 18.4 Å². The Morgan fingerprint density at radius 3 is 2.14 bits per heavy atom. The van der Waals surface area contributed by atoms with E-state index in [1.165, 1.54) is 44.9 Å². The maximum Gasteiger partial charge on any atom is 0.326 e. The van der Waals surface area contributed by atoms with Gasteiger partial charge in [0, 0.05) is 24.7 Å². The molecule has 0 aliphatic rings. The number of nitrogens with zero attached hydrogens (tertiary/aromatic N) is 5. The number of rotatable bonds is 23. The van der Waals surface area contributed by atoms with Gasteiger partial charge in [-0.1, -0.05) is 78.1 Å². The number of ether oxygens (including phenoxy) is 1. The number of nitrogens with two attached hydrogens (primary N) is 2. The quantitative estimate of drug-likeness (QED) is 0.0654. The summed E-state index contributed by atoms with van der Waals surface area (Å²) in [5.41, 5.74) is 13.9. The summed E-state index contributed by atoms with van der Waals surface area (Å²) in [7, 11) is 1.85. The molecule has 2 atom stereocenters. The first-order valence-corrected chi connectivity index (χ1v) is 17.7. The lowest BCUT2D eigenvalue weighted by atomic mass is 10.0. The predicted molar refractivity (Wildman–Crippen MR) is 192 cm³/mol. The van der Waals surface area contributed by atoms with Crippen LogP contribution in [0, 0.1) is 0 Å². The Labute approximate surface area is 289 Å². The van der Waals surface area contributed by atoms with Crippen LogP contribution in [0.15, 0.2) is 30.5 Å². The summed E-state index contributed by atoms with van der Waals surface area (Å²) in [6.07, 6.45) is 15.9. The zero-order valence-corrected chi connectivity index (χ0v) is 29.3. The summed E-state index contributed by atoms with van der Waals surface area (Å²) in [6, 6.07) is 5.49. The van der Waals surface area contributed by atoms with E-state index in [1.807, 2.05) is 11.9 Å². The standard InChI is InChI=1S/C36H54N8O5/c1-4-6-8-9-10-11-12-13-14-16-28(15-7-5-2)49-30(45)22-21-29(35(47)48)41-34(46)25-17-19-27(20-18-25)44(3)24-26-23-39-33-31(40-26)32(37)42-36(38)43-33/h17-20,23,28-29H,4-16,21-22,24H2,1-3H3,(H,41,46)(H,47,48)(H4,37,38,39,42,43)/t28?,29-/m0/s1. The van der Waals surface area contributed by atoms with Crippen molar-refractivity contribution in [2.24, 2.45) is 0 Å². The van der Waals surface area contributed by atoms with Crippen molar-refractivity contribution in [2.45, 2.75) is 129 Å². The van der Waals surface area contributed by atoms with E-state index in [9.17, 15) is 19.5 Å². The average molecular weight is 679 g/mol. The highest BCUT2D eigenvalue weighted by atomic mass is 16.5. The summed E-state index contributed by atoms with van der Waals surface area (Å²) in [5, 5.41) is 12.3. The van der Waals surface area contributed by atoms with Crippen LogP contribution in [0.2, 0.25) is 0 Å². The van der Waals surface area contributed by atoms with Gasteiger partial charge in [-0.15, -0.1) is 0 Å². The molecule has 0 aliphatic carbocycles. The number of fused-ring (bicyclic) bond motifs is 1. The van der Waals surface area contributed by atoms with Crippen LogP contribution in [-0.4, -0.2) is 62.1 Å². The van der Waals surface area contributed by atoms with E-state index in [1.54, 1.807) is 30.5 Å². The molecule has 0 saturated carbocycles. The van der Waals surface area contributed by atoms with Gasteiger partial charge in [0.1, 0.15) is 12.1 Å². The van der Waals surface area contributed by atoms with Gasteiger partial charge in [-0.3, -0.25) is 9.59 Å². The third-order valence-electron chi connectivity index (χ3n) is 8.52. The average Bonchev–Trinajstić information content (AvgIpc) is 3.08. The minimum Gasteiger partial charge on any atom is -0.480 e. The molecule has 0 saturated heterocycles. The number of aliphatic carboxylic acids is 1. The summed E-state index contributed by atoms with van der Waals surface area (Å²) in [4.78, 5) is 56.3. The van der Waals surface area contributed by atoms with Gasteiger partial charge in [0.2, 0.25) is 5.95 Å². The van der Waals surface area contributed by atoms with Crippen LogP contribution in [0.5, 0.6) is 0 Å². The van der Waals surface area contributed by atoms with Gasteiger partial charge in [-0.05, 0) is 49.9 Å². The topological polar surface area (TPSA) is 200 Å². The van der Waals surface area contributed by atoms with Crippen LogP contribution in [0.25, 0.3) is 11.2 Å². The molecule has 3 rings (SSSR count). The van der Waals surface area contributed by atoms with Crippen LogP contribution < -0.4 is 21.7 Å².